The molecule has 1 aromatic carbocycles. The van der Waals surface area contributed by atoms with Crippen molar-refractivity contribution in [3.63, 3.8) is 0 Å². The molecule has 0 N–H and O–H groups in total. The van der Waals surface area contributed by atoms with Crippen molar-refractivity contribution < 1.29 is 13.9 Å². The number of nitrogens with zero attached hydrogens (tertiary/aromatic N) is 1. The van der Waals surface area contributed by atoms with Gasteiger partial charge in [0.05, 0.1) is 24.0 Å². The van der Waals surface area contributed by atoms with E-state index in [1.54, 1.807) is 25.5 Å². The molecule has 0 saturated carbocycles. The van der Waals surface area contributed by atoms with Crippen molar-refractivity contribution >= 4 is 27.8 Å². The van der Waals surface area contributed by atoms with Gasteiger partial charge in [-0.1, -0.05) is 0 Å². The number of esters is 1. The second-order valence-corrected chi connectivity index (χ2v) is 3.88. The number of rotatable bonds is 2. The van der Waals surface area contributed by atoms with Gasteiger partial charge in [-0.3, -0.25) is 4.98 Å². The molecule has 4 heteroatoms. The zero-order valence-corrected chi connectivity index (χ0v) is 9.84. The molecule has 0 aliphatic carbocycles. The lowest BCUT2D eigenvalue weighted by Gasteiger charge is -2.02. The number of hydrogen-bond acceptors (Lipinski definition) is 4. The van der Waals surface area contributed by atoms with Gasteiger partial charge in [0.15, 0.2) is 0 Å². The van der Waals surface area contributed by atoms with Gasteiger partial charge in [0.1, 0.15) is 5.58 Å². The van der Waals surface area contributed by atoms with Crippen molar-refractivity contribution in [3.8, 4) is 0 Å². The molecule has 4 nitrogen and oxygen atoms in total. The standard InChI is InChI=1S/C14H11NO3/c1-2-17-14(16)10-8-15-11-5-6-12-9(13(10)11)4-3-7-18-12/h3-8H,2H2,1H3. The molecule has 0 atom stereocenters. The normalized spacial score (nSPS) is 10.9. The molecule has 0 unspecified atom stereocenters. The Morgan fingerprint density at radius 1 is 1.39 bits per heavy atom. The predicted octanol–water partition coefficient (Wildman–Crippen LogP) is 3.16. The van der Waals surface area contributed by atoms with E-state index in [-0.39, 0.29) is 5.97 Å². The first-order chi connectivity index (χ1) is 8.81. The highest BCUT2D eigenvalue weighted by molar-refractivity contribution is 6.15. The highest BCUT2D eigenvalue weighted by Gasteiger charge is 2.16. The number of hydrogen-bond donors (Lipinski definition) is 0. The summed E-state index contributed by atoms with van der Waals surface area (Å²) < 4.78 is 10.4. The molecule has 0 saturated heterocycles. The molecular weight excluding hydrogens is 230 g/mol. The predicted molar refractivity (Wildman–Crippen MR) is 67.5 cm³/mol. The third-order valence-corrected chi connectivity index (χ3v) is 2.82. The lowest BCUT2D eigenvalue weighted by atomic mass is 10.1. The maximum absolute atomic E-state index is 11.9. The number of carbonyl (C=O) groups excluding carboxylic acids is 1. The van der Waals surface area contributed by atoms with Crippen LogP contribution >= 0.6 is 0 Å². The maximum Gasteiger partial charge on any atom is 0.340 e. The molecule has 0 fully saturated rings. The van der Waals surface area contributed by atoms with E-state index < -0.39 is 0 Å². The van der Waals surface area contributed by atoms with Crippen molar-refractivity contribution in [1.82, 2.24) is 4.98 Å². The minimum atomic E-state index is -0.351. The molecule has 0 aliphatic heterocycles. The zero-order valence-electron chi connectivity index (χ0n) is 9.84. The van der Waals surface area contributed by atoms with E-state index in [0.29, 0.717) is 12.2 Å². The van der Waals surface area contributed by atoms with Crippen LogP contribution in [0.25, 0.3) is 21.9 Å². The molecule has 0 bridgehead atoms. The average Bonchev–Trinajstić information content (AvgIpc) is 2.83. The molecule has 0 radical (unpaired) electrons. The Labute approximate surface area is 103 Å². The van der Waals surface area contributed by atoms with E-state index >= 15 is 0 Å². The smallest absolute Gasteiger partial charge is 0.340 e. The summed E-state index contributed by atoms with van der Waals surface area (Å²) in [5, 5.41) is 1.66. The van der Waals surface area contributed by atoms with Crippen molar-refractivity contribution in [2.24, 2.45) is 0 Å². The highest BCUT2D eigenvalue weighted by atomic mass is 16.5. The summed E-state index contributed by atoms with van der Waals surface area (Å²) in [6.07, 6.45) is 3.16. The fraction of sp³-hybridized carbons (Fsp3) is 0.143. The van der Waals surface area contributed by atoms with Crippen molar-refractivity contribution in [2.75, 3.05) is 6.61 Å². The summed E-state index contributed by atoms with van der Waals surface area (Å²) in [6, 6.07) is 7.39. The van der Waals surface area contributed by atoms with E-state index in [9.17, 15) is 4.79 Å². The van der Waals surface area contributed by atoms with Crippen LogP contribution in [-0.4, -0.2) is 17.6 Å². The Morgan fingerprint density at radius 3 is 3.11 bits per heavy atom. The first-order valence-electron chi connectivity index (χ1n) is 5.73. The van der Waals surface area contributed by atoms with Crippen molar-refractivity contribution in [2.45, 2.75) is 6.92 Å². The van der Waals surface area contributed by atoms with Crippen LogP contribution < -0.4 is 0 Å². The summed E-state index contributed by atoms with van der Waals surface area (Å²) in [7, 11) is 0. The molecule has 90 valence electrons. The summed E-state index contributed by atoms with van der Waals surface area (Å²) >= 11 is 0. The average molecular weight is 241 g/mol. The van der Waals surface area contributed by atoms with Crippen LogP contribution in [0.5, 0.6) is 0 Å². The summed E-state index contributed by atoms with van der Waals surface area (Å²) in [5.74, 6) is -0.351. The van der Waals surface area contributed by atoms with Crippen LogP contribution in [0.15, 0.2) is 41.1 Å². The Kier molecular flexibility index (Phi) is 2.48. The maximum atomic E-state index is 11.9. The topological polar surface area (TPSA) is 52.3 Å². The fourth-order valence-corrected chi connectivity index (χ4v) is 2.06. The lowest BCUT2D eigenvalue weighted by molar-refractivity contribution is 0.0529. The first kappa shape index (κ1) is 10.8. The van der Waals surface area contributed by atoms with Gasteiger partial charge in [0, 0.05) is 17.0 Å². The molecule has 0 aliphatic rings. The van der Waals surface area contributed by atoms with Gasteiger partial charge in [0.2, 0.25) is 0 Å². The van der Waals surface area contributed by atoms with E-state index in [0.717, 1.165) is 21.9 Å². The second-order valence-electron chi connectivity index (χ2n) is 3.88. The van der Waals surface area contributed by atoms with Gasteiger partial charge < -0.3 is 9.15 Å². The Balaban J connectivity index is 2.33. The molecule has 2 heterocycles. The molecule has 0 amide bonds. The van der Waals surface area contributed by atoms with Crippen LogP contribution in [0.4, 0.5) is 0 Å². The quantitative estimate of drug-likeness (QED) is 0.647. The SMILES string of the molecule is CCOC(=O)c1cnc2ccc3occcc3c12. The van der Waals surface area contributed by atoms with Crippen molar-refractivity contribution in [1.29, 1.82) is 0 Å². The molecule has 18 heavy (non-hydrogen) atoms. The number of ether oxygens (including phenoxy) is 1. The largest absolute Gasteiger partial charge is 0.464 e. The minimum Gasteiger partial charge on any atom is -0.464 e. The number of fused-ring (bicyclic) bond motifs is 3. The van der Waals surface area contributed by atoms with E-state index in [4.69, 9.17) is 9.15 Å². The third kappa shape index (κ3) is 1.54. The summed E-state index contributed by atoms with van der Waals surface area (Å²) in [4.78, 5) is 16.1. The number of aromatic nitrogens is 1. The summed E-state index contributed by atoms with van der Waals surface area (Å²) in [5.41, 5.74) is 1.98. The number of benzene rings is 1. The van der Waals surface area contributed by atoms with Gasteiger partial charge >= 0.3 is 5.97 Å². The molecule has 3 aromatic rings. The summed E-state index contributed by atoms with van der Waals surface area (Å²) in [6.45, 7) is 2.13. The Morgan fingerprint density at radius 2 is 2.28 bits per heavy atom. The Hall–Kier alpha value is -2.36. The van der Waals surface area contributed by atoms with Gasteiger partial charge in [-0.05, 0) is 31.2 Å². The minimum absolute atomic E-state index is 0.348. The lowest BCUT2D eigenvalue weighted by Crippen LogP contribution is -2.03. The van der Waals surface area contributed by atoms with Gasteiger partial charge in [0.25, 0.3) is 0 Å². The first-order valence-corrected chi connectivity index (χ1v) is 5.73. The fourth-order valence-electron chi connectivity index (χ4n) is 2.06. The number of carbonyl (C=O) groups is 1. The molecule has 3 rings (SSSR count). The molecular formula is C14H11NO3. The monoisotopic (exact) mass is 241 g/mol. The third-order valence-electron chi connectivity index (χ3n) is 2.82. The molecule has 2 aromatic heterocycles. The van der Waals surface area contributed by atoms with Crippen LogP contribution in [0.3, 0.4) is 0 Å². The highest BCUT2D eigenvalue weighted by Crippen LogP contribution is 2.28. The molecule has 0 spiro atoms. The van der Waals surface area contributed by atoms with E-state index in [2.05, 4.69) is 4.98 Å². The van der Waals surface area contributed by atoms with Crippen LogP contribution in [0, 0.1) is 0 Å². The second kappa shape index (κ2) is 4.14. The van der Waals surface area contributed by atoms with Crippen molar-refractivity contribution in [3.05, 3.63) is 42.3 Å². The van der Waals surface area contributed by atoms with Gasteiger partial charge in [-0.15, -0.1) is 0 Å². The van der Waals surface area contributed by atoms with E-state index in [1.807, 2.05) is 18.2 Å². The van der Waals surface area contributed by atoms with Crippen LogP contribution in [-0.2, 0) is 4.74 Å². The zero-order chi connectivity index (χ0) is 12.5. The van der Waals surface area contributed by atoms with Crippen LogP contribution in [0.1, 0.15) is 17.3 Å². The van der Waals surface area contributed by atoms with Gasteiger partial charge in [-0.25, -0.2) is 4.79 Å². The van der Waals surface area contributed by atoms with Crippen LogP contribution in [0.2, 0.25) is 0 Å². The Bertz CT molecular complexity index is 730. The van der Waals surface area contributed by atoms with E-state index in [1.165, 1.54) is 0 Å². The van der Waals surface area contributed by atoms with Gasteiger partial charge in [-0.2, -0.15) is 0 Å².